The van der Waals surface area contributed by atoms with Crippen molar-refractivity contribution < 1.29 is 37.9 Å². The van der Waals surface area contributed by atoms with Crippen molar-refractivity contribution in [1.82, 2.24) is 10.2 Å². The Bertz CT molecular complexity index is 1450. The molecule has 0 aliphatic carbocycles. The van der Waals surface area contributed by atoms with Gasteiger partial charge in [-0.1, -0.05) is 15.9 Å². The van der Waals surface area contributed by atoms with Crippen molar-refractivity contribution in [2.45, 2.75) is 13.2 Å². The average molecular weight is 586 g/mol. The van der Waals surface area contributed by atoms with Crippen LogP contribution in [0.1, 0.15) is 27.4 Å². The molecule has 1 aliphatic heterocycles. The van der Waals surface area contributed by atoms with Crippen molar-refractivity contribution in [3.8, 4) is 11.5 Å². The highest BCUT2D eigenvalue weighted by molar-refractivity contribution is 9.10. The van der Waals surface area contributed by atoms with Crippen LogP contribution in [0.25, 0.3) is 6.08 Å². The predicted molar refractivity (Wildman–Crippen MR) is 135 cm³/mol. The highest BCUT2D eigenvalue weighted by Gasteiger charge is 2.35. The molecule has 4 rings (SSSR count). The van der Waals surface area contributed by atoms with Crippen LogP contribution in [0.15, 0.2) is 63.1 Å². The normalized spacial score (nSPS) is 14.0. The molecule has 0 saturated carbocycles. The molecular formula is C25H20BrN3O9. The topological polar surface area (TPSA) is 150 Å². The number of imide groups is 1. The maximum absolute atomic E-state index is 13.0. The van der Waals surface area contributed by atoms with E-state index in [1.165, 1.54) is 44.6 Å². The molecule has 38 heavy (non-hydrogen) atoms. The summed E-state index contributed by atoms with van der Waals surface area (Å²) in [6, 6.07) is 11.4. The van der Waals surface area contributed by atoms with Crippen LogP contribution in [-0.2, 0) is 22.7 Å². The number of amides is 3. The van der Waals surface area contributed by atoms with Crippen LogP contribution in [0.3, 0.4) is 0 Å². The fourth-order valence-electron chi connectivity index (χ4n) is 3.57. The summed E-state index contributed by atoms with van der Waals surface area (Å²) >= 11 is 3.40. The zero-order valence-corrected chi connectivity index (χ0v) is 21.6. The lowest BCUT2D eigenvalue weighted by Crippen LogP contribution is -2.30. The van der Waals surface area contributed by atoms with E-state index in [1.54, 1.807) is 24.3 Å². The number of furan rings is 1. The number of rotatable bonds is 9. The quantitative estimate of drug-likeness (QED) is 0.126. The van der Waals surface area contributed by atoms with Gasteiger partial charge in [0, 0.05) is 22.2 Å². The molecule has 2 aromatic carbocycles. The Morgan fingerprint density at radius 3 is 2.55 bits per heavy atom. The number of carbonyl (C=O) groups is 3. The van der Waals surface area contributed by atoms with E-state index < -0.39 is 22.8 Å². The molecule has 1 fully saturated rings. The summed E-state index contributed by atoms with van der Waals surface area (Å²) < 4.78 is 22.0. The van der Waals surface area contributed by atoms with Crippen molar-refractivity contribution in [1.29, 1.82) is 0 Å². The van der Waals surface area contributed by atoms with Crippen LogP contribution in [0.5, 0.6) is 11.5 Å². The van der Waals surface area contributed by atoms with Gasteiger partial charge >= 0.3 is 12.0 Å². The molecule has 0 unspecified atom stereocenters. The van der Waals surface area contributed by atoms with Gasteiger partial charge in [-0.05, 0) is 48.0 Å². The van der Waals surface area contributed by atoms with Gasteiger partial charge in [0.25, 0.3) is 11.6 Å². The Kier molecular flexibility index (Phi) is 7.76. The number of nitrogens with zero attached hydrogens (tertiary/aromatic N) is 2. The first kappa shape index (κ1) is 26.4. The van der Waals surface area contributed by atoms with E-state index in [1.807, 2.05) is 0 Å². The number of methoxy groups -OCH3 is 2. The Morgan fingerprint density at radius 2 is 1.89 bits per heavy atom. The third-order valence-electron chi connectivity index (χ3n) is 5.42. The molecule has 0 spiro atoms. The SMILES string of the molecule is COC(=O)c1ccc(CN2C(=O)N/C(=C/c3cc(Br)cc(OC)c3OCc3ccc([N+](=O)[O-])cc3)C2=O)o1. The fraction of sp³-hybridized carbons (Fsp3) is 0.160. The lowest BCUT2D eigenvalue weighted by atomic mass is 10.1. The van der Waals surface area contributed by atoms with Crippen molar-refractivity contribution >= 4 is 45.6 Å². The summed E-state index contributed by atoms with van der Waals surface area (Å²) in [7, 11) is 2.66. The van der Waals surface area contributed by atoms with E-state index in [9.17, 15) is 24.5 Å². The number of urea groups is 1. The van der Waals surface area contributed by atoms with Crippen LogP contribution >= 0.6 is 15.9 Å². The van der Waals surface area contributed by atoms with Crippen LogP contribution in [0.2, 0.25) is 0 Å². The summed E-state index contributed by atoms with van der Waals surface area (Å²) in [5, 5.41) is 13.4. The second-order valence-corrected chi connectivity index (χ2v) is 8.79. The molecule has 0 radical (unpaired) electrons. The van der Waals surface area contributed by atoms with Crippen LogP contribution < -0.4 is 14.8 Å². The van der Waals surface area contributed by atoms with Gasteiger partial charge in [0.05, 0.1) is 25.7 Å². The first-order valence-corrected chi connectivity index (χ1v) is 11.7. The number of non-ortho nitro benzene ring substituents is 1. The second kappa shape index (κ2) is 11.2. The van der Waals surface area contributed by atoms with E-state index in [4.69, 9.17) is 13.9 Å². The summed E-state index contributed by atoms with van der Waals surface area (Å²) in [5.41, 5.74) is 1.03. The standard InChI is InChI=1S/C25H20BrN3O9/c1-35-21-11-16(26)9-15(22(21)37-13-14-3-5-17(6-4-14)29(33)34)10-19-23(30)28(25(32)27-19)12-18-7-8-20(38-18)24(31)36-2/h3-11H,12-13H2,1-2H3,(H,27,32)/b19-10+. The molecule has 1 aliphatic rings. The highest BCUT2D eigenvalue weighted by atomic mass is 79.9. The average Bonchev–Trinajstić information content (AvgIpc) is 3.48. The highest BCUT2D eigenvalue weighted by Crippen LogP contribution is 2.37. The molecule has 1 aromatic heterocycles. The predicted octanol–water partition coefficient (Wildman–Crippen LogP) is 4.42. The molecule has 0 atom stereocenters. The second-order valence-electron chi connectivity index (χ2n) is 7.88. The molecule has 1 saturated heterocycles. The number of hydrogen-bond acceptors (Lipinski definition) is 9. The van der Waals surface area contributed by atoms with Crippen molar-refractivity contribution in [2.24, 2.45) is 0 Å². The molecule has 0 bridgehead atoms. The van der Waals surface area contributed by atoms with Gasteiger partial charge in [0.2, 0.25) is 5.76 Å². The molecule has 13 heteroatoms. The summed E-state index contributed by atoms with van der Waals surface area (Å²) in [6.07, 6.45) is 1.45. The molecule has 12 nitrogen and oxygen atoms in total. The van der Waals surface area contributed by atoms with Gasteiger partial charge < -0.3 is 23.9 Å². The smallest absolute Gasteiger partial charge is 0.373 e. The minimum absolute atomic E-state index is 0.0184. The largest absolute Gasteiger partial charge is 0.493 e. The lowest BCUT2D eigenvalue weighted by Gasteiger charge is -2.15. The van der Waals surface area contributed by atoms with Gasteiger partial charge in [0.15, 0.2) is 11.5 Å². The maximum atomic E-state index is 13.0. The fourth-order valence-corrected chi connectivity index (χ4v) is 4.03. The van der Waals surface area contributed by atoms with Crippen LogP contribution in [0, 0.1) is 10.1 Å². The number of esters is 1. The molecule has 3 amide bonds. The van der Waals surface area contributed by atoms with Gasteiger partial charge in [-0.3, -0.25) is 19.8 Å². The third kappa shape index (κ3) is 5.67. The Labute approximate surface area is 224 Å². The summed E-state index contributed by atoms with van der Waals surface area (Å²) in [4.78, 5) is 48.5. The minimum Gasteiger partial charge on any atom is -0.493 e. The van der Waals surface area contributed by atoms with Gasteiger partial charge in [0.1, 0.15) is 18.1 Å². The Balaban J connectivity index is 1.57. The Hall–Kier alpha value is -4.65. The number of hydrogen-bond donors (Lipinski definition) is 1. The van der Waals surface area contributed by atoms with Gasteiger partial charge in [-0.25, -0.2) is 9.59 Å². The van der Waals surface area contributed by atoms with Crippen LogP contribution in [-0.4, -0.2) is 42.0 Å². The minimum atomic E-state index is -0.682. The van der Waals surface area contributed by atoms with E-state index in [-0.39, 0.29) is 41.8 Å². The monoisotopic (exact) mass is 585 g/mol. The number of halogens is 1. The zero-order valence-electron chi connectivity index (χ0n) is 20.1. The number of nitrogens with one attached hydrogen (secondary N) is 1. The first-order chi connectivity index (χ1) is 18.2. The molecule has 196 valence electrons. The number of carbonyl (C=O) groups excluding carboxylic acids is 3. The van der Waals surface area contributed by atoms with Crippen molar-refractivity contribution in [3.63, 3.8) is 0 Å². The summed E-state index contributed by atoms with van der Waals surface area (Å²) in [6.45, 7) is -0.149. The van der Waals surface area contributed by atoms with E-state index in [2.05, 4.69) is 26.0 Å². The number of ether oxygens (including phenoxy) is 3. The molecule has 1 N–H and O–H groups in total. The molecular weight excluding hydrogens is 566 g/mol. The zero-order chi connectivity index (χ0) is 27.4. The lowest BCUT2D eigenvalue weighted by molar-refractivity contribution is -0.384. The van der Waals surface area contributed by atoms with E-state index >= 15 is 0 Å². The third-order valence-corrected chi connectivity index (χ3v) is 5.88. The van der Waals surface area contributed by atoms with E-state index in [0.29, 0.717) is 21.3 Å². The van der Waals surface area contributed by atoms with Crippen molar-refractivity contribution in [3.05, 3.63) is 91.5 Å². The van der Waals surface area contributed by atoms with Crippen LogP contribution in [0.4, 0.5) is 10.5 Å². The van der Waals surface area contributed by atoms with Crippen molar-refractivity contribution in [2.75, 3.05) is 14.2 Å². The summed E-state index contributed by atoms with van der Waals surface area (Å²) in [5.74, 6) is -0.499. The molecule has 3 aromatic rings. The molecule has 2 heterocycles. The maximum Gasteiger partial charge on any atom is 0.373 e. The van der Waals surface area contributed by atoms with Gasteiger partial charge in [-0.15, -0.1) is 0 Å². The number of nitro groups is 1. The van der Waals surface area contributed by atoms with E-state index in [0.717, 1.165) is 4.90 Å². The Morgan fingerprint density at radius 1 is 1.16 bits per heavy atom. The number of nitro benzene ring substituents is 1. The number of benzene rings is 2. The van der Waals surface area contributed by atoms with Gasteiger partial charge in [-0.2, -0.15) is 0 Å². The first-order valence-electron chi connectivity index (χ1n) is 11.0.